The molecule has 0 aromatic heterocycles. The molecule has 1 fully saturated rings. The molecule has 0 unspecified atom stereocenters. The predicted octanol–water partition coefficient (Wildman–Crippen LogP) is 8.09. The van der Waals surface area contributed by atoms with Gasteiger partial charge in [-0.2, -0.15) is 0 Å². The van der Waals surface area contributed by atoms with Crippen LogP contribution in [0.3, 0.4) is 0 Å². The monoisotopic (exact) mass is 476 g/mol. The summed E-state index contributed by atoms with van der Waals surface area (Å²) in [6.07, 6.45) is 6.58. The van der Waals surface area contributed by atoms with Gasteiger partial charge in [-0.1, -0.05) is 81.4 Å². The fourth-order valence-corrected chi connectivity index (χ4v) is 11.6. The first kappa shape index (κ1) is 25.4. The summed E-state index contributed by atoms with van der Waals surface area (Å²) in [4.78, 5) is 0. The van der Waals surface area contributed by atoms with Crippen molar-refractivity contribution in [2.24, 2.45) is 11.8 Å². The van der Waals surface area contributed by atoms with E-state index in [1.807, 2.05) is 0 Å². The van der Waals surface area contributed by atoms with Crippen molar-refractivity contribution in [3.8, 4) is 0 Å². The van der Waals surface area contributed by atoms with Gasteiger partial charge in [0.05, 0.1) is 26.0 Å². The van der Waals surface area contributed by atoms with Crippen LogP contribution in [0.2, 0.25) is 18.1 Å². The molecule has 2 nitrogen and oxygen atoms in total. The number of ether oxygens (including phenoxy) is 1. The molecule has 1 aliphatic carbocycles. The van der Waals surface area contributed by atoms with Gasteiger partial charge in [0.2, 0.25) is 0 Å². The highest BCUT2D eigenvalue weighted by Crippen LogP contribution is 2.49. The third-order valence-corrected chi connectivity index (χ3v) is 15.1. The minimum Gasteiger partial charge on any atom is -0.376 e. The molecular weight excluding hydrogens is 430 g/mol. The highest BCUT2D eigenvalue weighted by Gasteiger charge is 2.50. The SMILES string of the molecule is CC[Si](CC)(CC)C1=C(COCC2CCC(Cc3ccccc3)CC2)c2ccccc2[N+]1(C)C. The number of nitrogens with zero attached hydrogens (tertiary/aromatic N) is 1. The van der Waals surface area contributed by atoms with Crippen LogP contribution in [0.1, 0.15) is 57.6 Å². The molecule has 0 bridgehead atoms. The maximum Gasteiger partial charge on any atom is 0.155 e. The predicted molar refractivity (Wildman–Crippen MR) is 151 cm³/mol. The van der Waals surface area contributed by atoms with Crippen LogP contribution in [-0.2, 0) is 11.2 Å². The van der Waals surface area contributed by atoms with Gasteiger partial charge in [0, 0.05) is 23.8 Å². The summed E-state index contributed by atoms with van der Waals surface area (Å²) in [7, 11) is 3.28. The lowest BCUT2D eigenvalue weighted by molar-refractivity contribution is 0.0991. The summed E-state index contributed by atoms with van der Waals surface area (Å²) in [6.45, 7) is 9.00. The summed E-state index contributed by atoms with van der Waals surface area (Å²) >= 11 is 0. The van der Waals surface area contributed by atoms with Crippen molar-refractivity contribution < 1.29 is 4.74 Å². The summed E-state index contributed by atoms with van der Waals surface area (Å²) in [5.41, 5.74) is 5.93. The van der Waals surface area contributed by atoms with Gasteiger partial charge in [-0.15, -0.1) is 0 Å². The molecule has 4 rings (SSSR count). The van der Waals surface area contributed by atoms with Crippen molar-refractivity contribution >= 4 is 19.3 Å². The summed E-state index contributed by atoms with van der Waals surface area (Å²) < 4.78 is 7.51. The lowest BCUT2D eigenvalue weighted by atomic mass is 9.79. The van der Waals surface area contributed by atoms with E-state index in [1.165, 1.54) is 72.6 Å². The van der Waals surface area contributed by atoms with Gasteiger partial charge in [-0.05, 0) is 55.6 Å². The first-order valence-corrected chi connectivity index (χ1v) is 16.4. The number of fused-ring (bicyclic) bond motifs is 1. The minimum atomic E-state index is -1.54. The Kier molecular flexibility index (Phi) is 8.17. The average molecular weight is 477 g/mol. The van der Waals surface area contributed by atoms with E-state index >= 15 is 0 Å². The zero-order valence-electron chi connectivity index (χ0n) is 22.3. The van der Waals surface area contributed by atoms with Crippen LogP contribution in [0.15, 0.2) is 59.9 Å². The molecule has 1 aliphatic heterocycles. The number of quaternary nitrogens is 1. The van der Waals surface area contributed by atoms with E-state index < -0.39 is 8.07 Å². The quantitative estimate of drug-likeness (QED) is 0.249. The Bertz CT molecular complexity index is 960. The van der Waals surface area contributed by atoms with Crippen molar-refractivity contribution in [2.75, 3.05) is 27.3 Å². The molecule has 0 saturated heterocycles. The topological polar surface area (TPSA) is 9.23 Å². The van der Waals surface area contributed by atoms with Crippen LogP contribution in [0.25, 0.3) is 5.57 Å². The number of rotatable bonds is 10. The van der Waals surface area contributed by atoms with Crippen molar-refractivity contribution in [3.63, 3.8) is 0 Å². The summed E-state index contributed by atoms with van der Waals surface area (Å²) in [5.74, 6) is 1.57. The smallest absolute Gasteiger partial charge is 0.155 e. The van der Waals surface area contributed by atoms with E-state index in [4.69, 9.17) is 4.74 Å². The number of hydrogen-bond donors (Lipinski definition) is 0. The lowest BCUT2D eigenvalue weighted by Crippen LogP contribution is -2.51. The third-order valence-electron chi connectivity index (χ3n) is 9.14. The highest BCUT2D eigenvalue weighted by molar-refractivity contribution is 6.87. The molecule has 34 heavy (non-hydrogen) atoms. The molecule has 2 aliphatic rings. The number of hydrogen-bond acceptors (Lipinski definition) is 1. The van der Waals surface area contributed by atoms with E-state index in [0.717, 1.165) is 29.5 Å². The highest BCUT2D eigenvalue weighted by atomic mass is 28.3. The van der Waals surface area contributed by atoms with Crippen LogP contribution in [0.5, 0.6) is 0 Å². The van der Waals surface area contributed by atoms with Gasteiger partial charge >= 0.3 is 0 Å². The molecule has 0 spiro atoms. The molecule has 0 atom stereocenters. The van der Waals surface area contributed by atoms with E-state index in [-0.39, 0.29) is 0 Å². The van der Waals surface area contributed by atoms with Gasteiger partial charge < -0.3 is 4.74 Å². The molecule has 0 amide bonds. The Hall–Kier alpha value is -1.68. The Balaban J connectivity index is 1.43. The largest absolute Gasteiger partial charge is 0.376 e. The Morgan fingerprint density at radius 2 is 1.38 bits per heavy atom. The van der Waals surface area contributed by atoms with Crippen molar-refractivity contribution in [1.82, 2.24) is 4.48 Å². The van der Waals surface area contributed by atoms with Gasteiger partial charge in [-0.25, -0.2) is 0 Å². The minimum absolute atomic E-state index is 0.723. The Morgan fingerprint density at radius 3 is 2.03 bits per heavy atom. The van der Waals surface area contributed by atoms with Crippen LogP contribution < -0.4 is 4.48 Å². The molecule has 1 heterocycles. The second kappa shape index (κ2) is 10.9. The molecule has 184 valence electrons. The first-order chi connectivity index (χ1) is 16.4. The Labute approximate surface area is 209 Å². The van der Waals surface area contributed by atoms with E-state index in [2.05, 4.69) is 89.5 Å². The van der Waals surface area contributed by atoms with Gasteiger partial charge in [0.1, 0.15) is 5.69 Å². The molecule has 3 heteroatoms. The molecule has 2 aromatic rings. The average Bonchev–Trinajstić information content (AvgIpc) is 3.10. The van der Waals surface area contributed by atoms with E-state index in [9.17, 15) is 0 Å². The third kappa shape index (κ3) is 4.98. The van der Waals surface area contributed by atoms with Gasteiger partial charge in [0.25, 0.3) is 0 Å². The standard InChI is InChI=1S/C31H46NOSi/c1-6-34(7-2,8-3)31-29(28-16-12-13-17-30(28)32(31,4)5)24-33-23-27-20-18-26(19-21-27)22-25-14-10-9-11-15-25/h9-17,26-27H,6-8,18-24H2,1-5H3/q+1. The van der Waals surface area contributed by atoms with Crippen molar-refractivity contribution in [3.05, 3.63) is 71.0 Å². The van der Waals surface area contributed by atoms with E-state index in [0.29, 0.717) is 0 Å². The van der Waals surface area contributed by atoms with E-state index in [1.54, 1.807) is 5.32 Å². The van der Waals surface area contributed by atoms with Crippen LogP contribution in [0.4, 0.5) is 5.69 Å². The maximum atomic E-state index is 6.57. The molecule has 1 saturated carbocycles. The summed E-state index contributed by atoms with van der Waals surface area (Å²) in [5, 5.41) is 1.73. The van der Waals surface area contributed by atoms with Crippen molar-refractivity contribution in [2.45, 2.75) is 71.0 Å². The molecule has 0 radical (unpaired) electrons. The normalized spacial score (nSPS) is 22.1. The second-order valence-electron chi connectivity index (χ2n) is 11.2. The fraction of sp³-hybridized carbons (Fsp3) is 0.548. The fourth-order valence-electron chi connectivity index (χ4n) is 6.99. The second-order valence-corrected chi connectivity index (χ2v) is 16.4. The number of para-hydroxylation sites is 1. The number of benzene rings is 2. The summed E-state index contributed by atoms with van der Waals surface area (Å²) in [6, 6.07) is 24.1. The first-order valence-electron chi connectivity index (χ1n) is 13.7. The Morgan fingerprint density at radius 1 is 0.794 bits per heavy atom. The molecule has 2 aromatic carbocycles. The van der Waals surface area contributed by atoms with Crippen LogP contribution in [-0.4, -0.2) is 35.4 Å². The van der Waals surface area contributed by atoms with Crippen molar-refractivity contribution in [1.29, 1.82) is 0 Å². The lowest BCUT2D eigenvalue weighted by Gasteiger charge is -2.39. The maximum absolute atomic E-state index is 6.57. The van der Waals surface area contributed by atoms with Crippen LogP contribution >= 0.6 is 0 Å². The van der Waals surface area contributed by atoms with Crippen LogP contribution in [0, 0.1) is 11.8 Å². The van der Waals surface area contributed by atoms with Gasteiger partial charge in [-0.3, -0.25) is 4.48 Å². The van der Waals surface area contributed by atoms with Gasteiger partial charge in [0.15, 0.2) is 8.07 Å². The molecule has 0 N–H and O–H groups in total. The zero-order chi connectivity index (χ0) is 24.2. The molecular formula is C31H46NOSi+. The zero-order valence-corrected chi connectivity index (χ0v) is 23.3.